The number of aromatic nitrogens is 1. The summed E-state index contributed by atoms with van der Waals surface area (Å²) in [6, 6.07) is 4.61. The molecule has 4 nitrogen and oxygen atoms in total. The second-order valence-electron chi connectivity index (χ2n) is 5.27. The maximum atomic E-state index is 12.7. The number of hydrogen-bond acceptors (Lipinski definition) is 5. The number of nitrogens with one attached hydrogen (secondary N) is 1. The Bertz CT molecular complexity index is 613. The topological polar surface area (TPSA) is 45.2 Å². The van der Waals surface area contributed by atoms with Gasteiger partial charge in [0.05, 0.1) is 10.6 Å². The van der Waals surface area contributed by atoms with E-state index in [-0.39, 0.29) is 5.91 Å². The zero-order chi connectivity index (χ0) is 14.8. The lowest BCUT2D eigenvalue weighted by Crippen LogP contribution is -2.43. The molecule has 1 amide bonds. The third-order valence-corrected chi connectivity index (χ3v) is 6.10. The number of aryl methyl sites for hydroxylation is 1. The van der Waals surface area contributed by atoms with Crippen LogP contribution in [0.1, 0.15) is 28.2 Å². The van der Waals surface area contributed by atoms with Crippen molar-refractivity contribution < 1.29 is 4.79 Å². The number of thiazole rings is 1. The van der Waals surface area contributed by atoms with Gasteiger partial charge in [-0.05, 0) is 38.3 Å². The lowest BCUT2D eigenvalue weighted by atomic mass is 10.1. The Morgan fingerprint density at radius 3 is 2.81 bits per heavy atom. The molecule has 0 atom stereocenters. The first-order valence-electron chi connectivity index (χ1n) is 7.17. The summed E-state index contributed by atoms with van der Waals surface area (Å²) in [4.78, 5) is 21.1. The smallest absolute Gasteiger partial charge is 0.265 e. The molecule has 0 radical (unpaired) electrons. The molecule has 3 rings (SSSR count). The Kier molecular flexibility index (Phi) is 4.37. The molecule has 0 saturated carbocycles. The Hall–Kier alpha value is -1.24. The van der Waals surface area contributed by atoms with Gasteiger partial charge in [0, 0.05) is 19.1 Å². The number of carbonyl (C=O) groups is 1. The van der Waals surface area contributed by atoms with Gasteiger partial charge in [-0.2, -0.15) is 0 Å². The van der Waals surface area contributed by atoms with Crippen LogP contribution in [0.25, 0.3) is 9.88 Å². The zero-order valence-corrected chi connectivity index (χ0v) is 13.9. The van der Waals surface area contributed by atoms with E-state index in [1.54, 1.807) is 11.3 Å². The van der Waals surface area contributed by atoms with Gasteiger partial charge in [0.2, 0.25) is 0 Å². The van der Waals surface area contributed by atoms with E-state index in [9.17, 15) is 4.79 Å². The standard InChI is InChI=1S/C15H19N3OS2/c1-10-13(21-14(17-10)12-4-3-9-20-12)15(19)18-7-5-11(16-2)6-8-18/h3-4,9,11,16H,5-8H2,1-2H3. The van der Waals surface area contributed by atoms with Gasteiger partial charge >= 0.3 is 0 Å². The number of amides is 1. The average molecular weight is 321 g/mol. The summed E-state index contributed by atoms with van der Waals surface area (Å²) in [6.45, 7) is 3.59. The number of carbonyl (C=O) groups excluding carboxylic acids is 1. The van der Waals surface area contributed by atoms with E-state index < -0.39 is 0 Å². The van der Waals surface area contributed by atoms with Gasteiger partial charge in [-0.3, -0.25) is 4.79 Å². The van der Waals surface area contributed by atoms with Crippen LogP contribution in [0.3, 0.4) is 0 Å². The van der Waals surface area contributed by atoms with Crippen LogP contribution in [-0.2, 0) is 0 Å². The molecule has 0 aliphatic carbocycles. The minimum atomic E-state index is 0.141. The second-order valence-corrected chi connectivity index (χ2v) is 7.21. The van der Waals surface area contributed by atoms with Crippen LogP contribution in [0.5, 0.6) is 0 Å². The van der Waals surface area contributed by atoms with E-state index >= 15 is 0 Å². The van der Waals surface area contributed by atoms with Crippen LogP contribution in [0.2, 0.25) is 0 Å². The number of nitrogens with zero attached hydrogens (tertiary/aromatic N) is 2. The average Bonchev–Trinajstić information content (AvgIpc) is 3.16. The number of rotatable bonds is 3. The van der Waals surface area contributed by atoms with Crippen molar-refractivity contribution in [2.75, 3.05) is 20.1 Å². The summed E-state index contributed by atoms with van der Waals surface area (Å²) in [5.74, 6) is 0.141. The highest BCUT2D eigenvalue weighted by molar-refractivity contribution is 7.22. The van der Waals surface area contributed by atoms with Crippen molar-refractivity contribution in [1.29, 1.82) is 0 Å². The van der Waals surface area contributed by atoms with Crippen molar-refractivity contribution in [3.05, 3.63) is 28.1 Å². The maximum Gasteiger partial charge on any atom is 0.265 e. The third kappa shape index (κ3) is 3.02. The highest BCUT2D eigenvalue weighted by Crippen LogP contribution is 2.32. The van der Waals surface area contributed by atoms with Crippen LogP contribution in [0.15, 0.2) is 17.5 Å². The molecule has 1 aliphatic rings. The van der Waals surface area contributed by atoms with Crippen LogP contribution in [0, 0.1) is 6.92 Å². The van der Waals surface area contributed by atoms with Gasteiger partial charge in [-0.1, -0.05) is 6.07 Å². The third-order valence-electron chi connectivity index (χ3n) is 3.91. The minimum Gasteiger partial charge on any atom is -0.338 e. The van der Waals surface area contributed by atoms with E-state index in [4.69, 9.17) is 0 Å². The molecule has 1 aliphatic heterocycles. The number of piperidine rings is 1. The monoisotopic (exact) mass is 321 g/mol. The molecule has 6 heteroatoms. The van der Waals surface area contributed by atoms with Crippen molar-refractivity contribution in [1.82, 2.24) is 15.2 Å². The predicted octanol–water partition coefficient (Wildman–Crippen LogP) is 3.00. The van der Waals surface area contributed by atoms with Crippen LogP contribution < -0.4 is 5.32 Å². The molecular formula is C15H19N3OS2. The summed E-state index contributed by atoms with van der Waals surface area (Å²) in [5.41, 5.74) is 0.851. The van der Waals surface area contributed by atoms with Crippen LogP contribution in [0.4, 0.5) is 0 Å². The Morgan fingerprint density at radius 1 is 1.43 bits per heavy atom. The molecular weight excluding hydrogens is 302 g/mol. The normalized spacial score (nSPS) is 16.4. The van der Waals surface area contributed by atoms with Gasteiger partial charge in [0.15, 0.2) is 0 Å². The first-order valence-corrected chi connectivity index (χ1v) is 8.86. The van der Waals surface area contributed by atoms with Crippen LogP contribution in [-0.4, -0.2) is 42.0 Å². The van der Waals surface area contributed by atoms with Gasteiger partial charge in [-0.15, -0.1) is 22.7 Å². The molecule has 2 aromatic rings. The Labute approximate surface area is 132 Å². The van der Waals surface area contributed by atoms with Gasteiger partial charge in [-0.25, -0.2) is 4.98 Å². The van der Waals surface area contributed by atoms with E-state index in [2.05, 4.69) is 16.4 Å². The first kappa shape index (κ1) is 14.7. The van der Waals surface area contributed by atoms with Gasteiger partial charge < -0.3 is 10.2 Å². The first-order chi connectivity index (χ1) is 10.2. The minimum absolute atomic E-state index is 0.141. The molecule has 3 heterocycles. The lowest BCUT2D eigenvalue weighted by Gasteiger charge is -2.31. The van der Waals surface area contributed by atoms with E-state index in [0.717, 1.165) is 46.4 Å². The van der Waals surface area contributed by atoms with E-state index in [0.29, 0.717) is 6.04 Å². The number of thiophene rings is 1. The van der Waals surface area contributed by atoms with Crippen molar-refractivity contribution >= 4 is 28.6 Å². The summed E-state index contributed by atoms with van der Waals surface area (Å²) in [6.07, 6.45) is 2.05. The Morgan fingerprint density at radius 2 is 2.19 bits per heavy atom. The summed E-state index contributed by atoms with van der Waals surface area (Å²) in [7, 11) is 1.99. The summed E-state index contributed by atoms with van der Waals surface area (Å²) < 4.78 is 0. The van der Waals surface area contributed by atoms with Crippen molar-refractivity contribution in [2.45, 2.75) is 25.8 Å². The van der Waals surface area contributed by atoms with Crippen molar-refractivity contribution in [3.63, 3.8) is 0 Å². The maximum absolute atomic E-state index is 12.7. The quantitative estimate of drug-likeness (QED) is 0.945. The zero-order valence-electron chi connectivity index (χ0n) is 12.3. The molecule has 112 valence electrons. The fraction of sp³-hybridized carbons (Fsp3) is 0.467. The van der Waals surface area contributed by atoms with Crippen molar-refractivity contribution in [3.8, 4) is 9.88 Å². The molecule has 21 heavy (non-hydrogen) atoms. The molecule has 0 bridgehead atoms. The second kappa shape index (κ2) is 6.25. The number of hydrogen-bond donors (Lipinski definition) is 1. The number of likely N-dealkylation sites (tertiary alicyclic amines) is 1. The molecule has 0 aromatic carbocycles. The molecule has 1 fully saturated rings. The summed E-state index contributed by atoms with van der Waals surface area (Å²) >= 11 is 3.18. The van der Waals surface area contributed by atoms with E-state index in [1.165, 1.54) is 11.3 Å². The SMILES string of the molecule is CNC1CCN(C(=O)c2sc(-c3cccs3)nc2C)CC1. The molecule has 0 unspecified atom stereocenters. The molecule has 1 saturated heterocycles. The van der Waals surface area contributed by atoms with Crippen molar-refractivity contribution in [2.24, 2.45) is 0 Å². The fourth-order valence-corrected chi connectivity index (χ4v) is 4.45. The predicted molar refractivity (Wildman–Crippen MR) is 88.1 cm³/mol. The molecule has 1 N–H and O–H groups in total. The highest BCUT2D eigenvalue weighted by Gasteiger charge is 2.26. The molecule has 0 spiro atoms. The van der Waals surface area contributed by atoms with Gasteiger partial charge in [0.1, 0.15) is 9.88 Å². The summed E-state index contributed by atoms with van der Waals surface area (Å²) in [5, 5.41) is 6.28. The largest absolute Gasteiger partial charge is 0.338 e. The van der Waals surface area contributed by atoms with E-state index in [1.807, 2.05) is 30.3 Å². The fourth-order valence-electron chi connectivity index (χ4n) is 2.62. The highest BCUT2D eigenvalue weighted by atomic mass is 32.1. The van der Waals surface area contributed by atoms with Crippen LogP contribution >= 0.6 is 22.7 Å². The van der Waals surface area contributed by atoms with Gasteiger partial charge in [0.25, 0.3) is 5.91 Å². The Balaban J connectivity index is 1.76. The lowest BCUT2D eigenvalue weighted by molar-refractivity contribution is 0.0711. The molecule has 2 aromatic heterocycles.